The van der Waals surface area contributed by atoms with Gasteiger partial charge >= 0.3 is 0 Å². The number of pyridine rings is 1. The summed E-state index contributed by atoms with van der Waals surface area (Å²) in [5, 5.41) is 0.731. The summed E-state index contributed by atoms with van der Waals surface area (Å²) in [6.07, 6.45) is 4.08. The normalized spacial score (nSPS) is 18.9. The number of aromatic nitrogens is 1. The number of carbonyl (C=O) groups is 1. The molecular formula is C26H30N4O5S. The Morgan fingerprint density at radius 1 is 1.14 bits per heavy atom. The molecule has 1 N–H and O–H groups in total. The first-order valence-corrected chi connectivity index (χ1v) is 13.6. The van der Waals surface area contributed by atoms with Gasteiger partial charge in [-0.2, -0.15) is 0 Å². The van der Waals surface area contributed by atoms with E-state index in [4.69, 9.17) is 9.47 Å². The summed E-state index contributed by atoms with van der Waals surface area (Å²) >= 11 is 0. The molecule has 0 aliphatic carbocycles. The Balaban J connectivity index is 1.29. The molecule has 10 heteroatoms. The molecule has 9 nitrogen and oxygen atoms in total. The van der Waals surface area contributed by atoms with E-state index in [9.17, 15) is 13.2 Å². The molecule has 2 aliphatic heterocycles. The lowest BCUT2D eigenvalue weighted by molar-refractivity contribution is 0.0431. The van der Waals surface area contributed by atoms with Gasteiger partial charge in [0.15, 0.2) is 0 Å². The summed E-state index contributed by atoms with van der Waals surface area (Å²) in [5.74, 6) is 0.189. The predicted molar refractivity (Wildman–Crippen MR) is 137 cm³/mol. The molecular weight excluding hydrogens is 480 g/mol. The van der Waals surface area contributed by atoms with Gasteiger partial charge in [0.05, 0.1) is 30.0 Å². The lowest BCUT2D eigenvalue weighted by atomic mass is 10.1. The molecule has 0 radical (unpaired) electrons. The Labute approximate surface area is 211 Å². The summed E-state index contributed by atoms with van der Waals surface area (Å²) < 4.78 is 40.1. The molecule has 190 valence electrons. The molecule has 5 rings (SSSR count). The maximum Gasteiger partial charge on any atom is 0.264 e. The molecule has 1 aromatic heterocycles. The minimum Gasteiger partial charge on any atom is -0.496 e. The second kappa shape index (κ2) is 10.4. The fraction of sp³-hybridized carbons (Fsp3) is 0.385. The third-order valence-corrected chi connectivity index (χ3v) is 8.13. The van der Waals surface area contributed by atoms with E-state index in [1.807, 2.05) is 17.0 Å². The van der Waals surface area contributed by atoms with Gasteiger partial charge in [-0.05, 0) is 37.1 Å². The number of sulfonamides is 1. The number of piperazine rings is 1. The van der Waals surface area contributed by atoms with Crippen molar-refractivity contribution < 1.29 is 22.7 Å². The van der Waals surface area contributed by atoms with Gasteiger partial charge in [-0.15, -0.1) is 0 Å². The summed E-state index contributed by atoms with van der Waals surface area (Å²) in [6, 6.07) is 13.3. The van der Waals surface area contributed by atoms with Crippen LogP contribution in [0.2, 0.25) is 0 Å². The van der Waals surface area contributed by atoms with E-state index in [1.165, 1.54) is 19.2 Å². The topological polar surface area (TPSA) is 101 Å². The zero-order valence-electron chi connectivity index (χ0n) is 20.2. The Hall–Kier alpha value is -3.21. The van der Waals surface area contributed by atoms with Crippen LogP contribution in [0, 0.1) is 0 Å². The molecule has 0 bridgehead atoms. The lowest BCUT2D eigenvalue weighted by Gasteiger charge is -2.36. The second-order valence-electron chi connectivity index (χ2n) is 9.08. The average Bonchev–Trinajstić information content (AvgIpc) is 3.41. The minimum absolute atomic E-state index is 0.0839. The largest absolute Gasteiger partial charge is 0.496 e. The molecule has 2 aromatic carbocycles. The van der Waals surface area contributed by atoms with Crippen molar-refractivity contribution in [3.05, 3.63) is 60.3 Å². The molecule has 2 saturated heterocycles. The van der Waals surface area contributed by atoms with Gasteiger partial charge in [0.25, 0.3) is 15.9 Å². The first-order chi connectivity index (χ1) is 17.4. The molecule has 1 unspecified atom stereocenters. The third-order valence-electron chi connectivity index (χ3n) is 6.71. The summed E-state index contributed by atoms with van der Waals surface area (Å²) in [7, 11) is -2.44. The molecule has 2 aliphatic rings. The molecule has 2 fully saturated rings. The van der Waals surface area contributed by atoms with Crippen molar-refractivity contribution in [2.45, 2.75) is 23.8 Å². The van der Waals surface area contributed by atoms with Crippen LogP contribution in [-0.2, 0) is 14.8 Å². The number of amides is 1. The van der Waals surface area contributed by atoms with Gasteiger partial charge in [0.2, 0.25) is 0 Å². The molecule has 3 aromatic rings. The zero-order chi connectivity index (χ0) is 25.1. The summed E-state index contributed by atoms with van der Waals surface area (Å²) in [4.78, 5) is 21.7. The number of hydrogen-bond acceptors (Lipinski definition) is 7. The quantitative estimate of drug-likeness (QED) is 0.522. The smallest absolute Gasteiger partial charge is 0.264 e. The van der Waals surface area contributed by atoms with E-state index in [0.717, 1.165) is 44.5 Å². The van der Waals surface area contributed by atoms with Gasteiger partial charge in [0, 0.05) is 57.0 Å². The zero-order valence-corrected chi connectivity index (χ0v) is 21.0. The van der Waals surface area contributed by atoms with Gasteiger partial charge in [-0.25, -0.2) is 8.42 Å². The maximum absolute atomic E-state index is 13.3. The Morgan fingerprint density at radius 2 is 1.94 bits per heavy atom. The number of benzene rings is 2. The van der Waals surface area contributed by atoms with Crippen molar-refractivity contribution in [2.75, 3.05) is 51.2 Å². The number of nitrogens with one attached hydrogen (secondary N) is 1. The van der Waals surface area contributed by atoms with Crippen LogP contribution in [0.3, 0.4) is 0 Å². The predicted octanol–water partition coefficient (Wildman–Crippen LogP) is 2.98. The van der Waals surface area contributed by atoms with Crippen LogP contribution in [-0.4, -0.2) is 81.7 Å². The standard InChI is InChI=1S/C26H30N4O5S/c1-34-23-17-20(28-36(32,33)24-8-2-5-19-6-3-11-27-25(19)24)9-10-22(23)26(31)30-14-12-29(13-15-30)18-21-7-4-16-35-21/h2-3,5-6,8-11,17,21,28H,4,7,12-16,18H2,1H3. The van der Waals surface area contributed by atoms with Crippen molar-refractivity contribution in [2.24, 2.45) is 0 Å². The van der Waals surface area contributed by atoms with Crippen LogP contribution in [0.15, 0.2) is 59.6 Å². The molecule has 0 spiro atoms. The molecule has 0 saturated carbocycles. The van der Waals surface area contributed by atoms with Crippen LogP contribution < -0.4 is 9.46 Å². The Kier molecular flexibility index (Phi) is 7.08. The Morgan fingerprint density at radius 3 is 2.69 bits per heavy atom. The molecule has 1 amide bonds. The highest BCUT2D eigenvalue weighted by atomic mass is 32.2. The van der Waals surface area contributed by atoms with Gasteiger partial charge in [-0.1, -0.05) is 18.2 Å². The monoisotopic (exact) mass is 510 g/mol. The SMILES string of the molecule is COc1cc(NS(=O)(=O)c2cccc3cccnc23)ccc1C(=O)N1CCN(CC2CCCO2)CC1. The molecule has 1 atom stereocenters. The van der Waals surface area contributed by atoms with Gasteiger partial charge in [-0.3, -0.25) is 19.4 Å². The fourth-order valence-corrected chi connectivity index (χ4v) is 6.04. The highest BCUT2D eigenvalue weighted by Gasteiger charge is 2.27. The highest BCUT2D eigenvalue weighted by molar-refractivity contribution is 7.93. The highest BCUT2D eigenvalue weighted by Crippen LogP contribution is 2.28. The van der Waals surface area contributed by atoms with Crippen LogP contribution in [0.4, 0.5) is 5.69 Å². The van der Waals surface area contributed by atoms with Crippen LogP contribution in [0.5, 0.6) is 5.75 Å². The van der Waals surface area contributed by atoms with Crippen molar-refractivity contribution in [3.63, 3.8) is 0 Å². The van der Waals surface area contributed by atoms with Crippen molar-refractivity contribution >= 4 is 32.5 Å². The summed E-state index contributed by atoms with van der Waals surface area (Å²) in [5.41, 5.74) is 1.10. The minimum atomic E-state index is -3.91. The number of fused-ring (bicyclic) bond motifs is 1. The molecule has 36 heavy (non-hydrogen) atoms. The van der Waals surface area contributed by atoms with Crippen molar-refractivity contribution in [3.8, 4) is 5.75 Å². The number of rotatable bonds is 7. The van der Waals surface area contributed by atoms with E-state index in [0.29, 0.717) is 41.7 Å². The number of carbonyl (C=O) groups excluding carboxylic acids is 1. The van der Waals surface area contributed by atoms with Crippen LogP contribution in [0.1, 0.15) is 23.2 Å². The van der Waals surface area contributed by atoms with Gasteiger partial charge < -0.3 is 14.4 Å². The maximum atomic E-state index is 13.3. The van der Waals surface area contributed by atoms with Gasteiger partial charge in [0.1, 0.15) is 10.6 Å². The second-order valence-corrected chi connectivity index (χ2v) is 10.7. The number of anilines is 1. The van der Waals surface area contributed by atoms with E-state index in [1.54, 1.807) is 30.5 Å². The van der Waals surface area contributed by atoms with Crippen molar-refractivity contribution in [1.29, 1.82) is 0 Å². The van der Waals surface area contributed by atoms with E-state index >= 15 is 0 Å². The Bertz CT molecular complexity index is 1340. The number of ether oxygens (including phenoxy) is 2. The van der Waals surface area contributed by atoms with E-state index < -0.39 is 10.0 Å². The van der Waals surface area contributed by atoms with E-state index in [-0.39, 0.29) is 10.8 Å². The number of methoxy groups -OCH3 is 1. The van der Waals surface area contributed by atoms with Crippen molar-refractivity contribution in [1.82, 2.24) is 14.8 Å². The van der Waals surface area contributed by atoms with Crippen LogP contribution in [0.25, 0.3) is 10.9 Å². The van der Waals surface area contributed by atoms with Crippen LogP contribution >= 0.6 is 0 Å². The molecule has 3 heterocycles. The first-order valence-electron chi connectivity index (χ1n) is 12.1. The number of hydrogen-bond donors (Lipinski definition) is 1. The first kappa shape index (κ1) is 24.5. The number of para-hydroxylation sites is 1. The average molecular weight is 511 g/mol. The fourth-order valence-electron chi connectivity index (χ4n) is 4.81. The third kappa shape index (κ3) is 5.16. The van der Waals surface area contributed by atoms with E-state index in [2.05, 4.69) is 14.6 Å². The lowest BCUT2D eigenvalue weighted by Crippen LogP contribution is -2.50. The number of nitrogens with zero attached hydrogens (tertiary/aromatic N) is 3. The summed E-state index contributed by atoms with van der Waals surface area (Å²) in [6.45, 7) is 4.59.